The van der Waals surface area contributed by atoms with Gasteiger partial charge in [0, 0.05) is 11.7 Å². The van der Waals surface area contributed by atoms with E-state index in [2.05, 4.69) is 28.4 Å². The van der Waals surface area contributed by atoms with Gasteiger partial charge < -0.3 is 10.3 Å². The van der Waals surface area contributed by atoms with E-state index in [0.717, 1.165) is 34.7 Å². The Hall–Kier alpha value is -1.58. The largest absolute Gasteiger partial charge is 0.383 e. The molecule has 3 saturated carbocycles. The fraction of sp³-hybridized carbons (Fsp3) is 0.625. The molecule has 4 atom stereocenters. The Morgan fingerprint density at radius 3 is 2.55 bits per heavy atom. The molecule has 20 heavy (non-hydrogen) atoms. The molecule has 2 aromatic heterocycles. The second-order valence-corrected chi connectivity index (χ2v) is 7.02. The summed E-state index contributed by atoms with van der Waals surface area (Å²) in [5.41, 5.74) is 9.74. The van der Waals surface area contributed by atoms with Crippen molar-refractivity contribution in [2.45, 2.75) is 39.2 Å². The molecular formula is C16H20N4. The highest BCUT2D eigenvalue weighted by Crippen LogP contribution is 2.72. The summed E-state index contributed by atoms with van der Waals surface area (Å²) in [6.07, 6.45) is 6.01. The standard InChI is InChI=1S/C16H20N4/c1-7-8(2)20(16-11(7)15(17)18-6-19-16)14-12-9-3-4-10(5-9)13(12)14/h6,9-10,12-14H,3-5H2,1-2H3,(H2,17,18,19). The molecule has 2 N–H and O–H groups in total. The lowest BCUT2D eigenvalue weighted by Gasteiger charge is -2.13. The number of fused-ring (bicyclic) bond motifs is 6. The van der Waals surface area contributed by atoms with E-state index in [1.54, 1.807) is 6.33 Å². The van der Waals surface area contributed by atoms with Gasteiger partial charge in [0.25, 0.3) is 0 Å². The van der Waals surface area contributed by atoms with E-state index >= 15 is 0 Å². The predicted octanol–water partition coefficient (Wildman–Crippen LogP) is 2.85. The summed E-state index contributed by atoms with van der Waals surface area (Å²) in [5, 5.41) is 1.07. The van der Waals surface area contributed by atoms with Gasteiger partial charge in [0.15, 0.2) is 0 Å². The van der Waals surface area contributed by atoms with Crippen LogP contribution in [0.5, 0.6) is 0 Å². The van der Waals surface area contributed by atoms with Crippen molar-refractivity contribution >= 4 is 16.9 Å². The summed E-state index contributed by atoms with van der Waals surface area (Å²) >= 11 is 0. The maximum absolute atomic E-state index is 6.08. The molecule has 3 fully saturated rings. The Bertz CT molecular complexity index is 716. The summed E-state index contributed by atoms with van der Waals surface area (Å²) in [6, 6.07) is 0.687. The molecule has 3 aliphatic carbocycles. The number of nitrogen functional groups attached to an aromatic ring is 1. The van der Waals surface area contributed by atoms with Crippen molar-refractivity contribution in [2.75, 3.05) is 5.73 Å². The number of hydrogen-bond donors (Lipinski definition) is 1. The molecule has 0 aromatic carbocycles. The molecule has 0 amide bonds. The van der Waals surface area contributed by atoms with Crippen LogP contribution in [0.3, 0.4) is 0 Å². The third-order valence-corrected chi connectivity index (χ3v) is 6.36. The summed E-state index contributed by atoms with van der Waals surface area (Å²) in [4.78, 5) is 8.72. The molecule has 0 radical (unpaired) electrons. The van der Waals surface area contributed by atoms with E-state index in [1.807, 2.05) is 0 Å². The van der Waals surface area contributed by atoms with Crippen LogP contribution in [0.25, 0.3) is 11.0 Å². The molecule has 4 nitrogen and oxygen atoms in total. The minimum atomic E-state index is 0.628. The van der Waals surface area contributed by atoms with Crippen LogP contribution < -0.4 is 5.73 Å². The third-order valence-electron chi connectivity index (χ3n) is 6.36. The zero-order valence-electron chi connectivity index (χ0n) is 12.0. The Labute approximate surface area is 118 Å². The molecule has 0 spiro atoms. The summed E-state index contributed by atoms with van der Waals surface area (Å²) < 4.78 is 2.49. The maximum atomic E-state index is 6.08. The summed E-state index contributed by atoms with van der Waals surface area (Å²) in [5.74, 6) is 4.41. The molecule has 0 saturated heterocycles. The van der Waals surface area contributed by atoms with Gasteiger partial charge >= 0.3 is 0 Å². The summed E-state index contributed by atoms with van der Waals surface area (Å²) in [6.45, 7) is 4.37. The first-order chi connectivity index (χ1) is 9.68. The van der Waals surface area contributed by atoms with Crippen molar-refractivity contribution in [3.05, 3.63) is 17.6 Å². The van der Waals surface area contributed by atoms with Crippen molar-refractivity contribution in [1.29, 1.82) is 0 Å². The number of nitrogens with two attached hydrogens (primary N) is 1. The molecule has 4 heteroatoms. The zero-order chi connectivity index (χ0) is 13.6. The van der Waals surface area contributed by atoms with Crippen LogP contribution >= 0.6 is 0 Å². The molecule has 4 unspecified atom stereocenters. The second-order valence-electron chi connectivity index (χ2n) is 7.02. The van der Waals surface area contributed by atoms with Gasteiger partial charge in [0.2, 0.25) is 0 Å². The van der Waals surface area contributed by atoms with E-state index in [9.17, 15) is 0 Å². The molecule has 0 aliphatic heterocycles. The minimum Gasteiger partial charge on any atom is -0.383 e. The normalized spacial score (nSPS) is 37.6. The Morgan fingerprint density at radius 2 is 1.85 bits per heavy atom. The molecule has 2 bridgehead atoms. The molecule has 2 heterocycles. The highest BCUT2D eigenvalue weighted by Gasteiger charge is 2.66. The summed E-state index contributed by atoms with van der Waals surface area (Å²) in [7, 11) is 0. The average Bonchev–Trinajstić information content (AvgIpc) is 2.77. The zero-order valence-corrected chi connectivity index (χ0v) is 12.0. The molecule has 3 aliphatic rings. The third kappa shape index (κ3) is 1.11. The topological polar surface area (TPSA) is 56.7 Å². The van der Waals surface area contributed by atoms with Gasteiger partial charge in [0.1, 0.15) is 17.8 Å². The highest BCUT2D eigenvalue weighted by atomic mass is 15.2. The van der Waals surface area contributed by atoms with Gasteiger partial charge in [-0.2, -0.15) is 0 Å². The fourth-order valence-corrected chi connectivity index (χ4v) is 5.44. The number of rotatable bonds is 1. The lowest BCUT2D eigenvalue weighted by molar-refractivity contribution is 0.455. The van der Waals surface area contributed by atoms with E-state index in [0.29, 0.717) is 11.9 Å². The fourth-order valence-electron chi connectivity index (χ4n) is 5.44. The van der Waals surface area contributed by atoms with Crippen molar-refractivity contribution < 1.29 is 0 Å². The van der Waals surface area contributed by atoms with E-state index in [-0.39, 0.29) is 0 Å². The molecule has 5 rings (SSSR count). The predicted molar refractivity (Wildman–Crippen MR) is 78.3 cm³/mol. The van der Waals surface area contributed by atoms with Crippen molar-refractivity contribution in [2.24, 2.45) is 23.7 Å². The van der Waals surface area contributed by atoms with E-state index in [1.165, 1.54) is 30.5 Å². The molecule has 104 valence electrons. The van der Waals surface area contributed by atoms with Gasteiger partial charge in [0.05, 0.1) is 5.39 Å². The Morgan fingerprint density at radius 1 is 1.15 bits per heavy atom. The van der Waals surface area contributed by atoms with Crippen LogP contribution in [0, 0.1) is 37.5 Å². The number of anilines is 1. The van der Waals surface area contributed by atoms with Gasteiger partial charge in [-0.05, 0) is 62.3 Å². The Balaban J connectivity index is 1.71. The first-order valence-corrected chi connectivity index (χ1v) is 7.76. The van der Waals surface area contributed by atoms with Crippen LogP contribution in [-0.4, -0.2) is 14.5 Å². The number of aromatic nitrogens is 3. The van der Waals surface area contributed by atoms with Crippen LogP contribution in [0.4, 0.5) is 5.82 Å². The highest BCUT2D eigenvalue weighted by molar-refractivity contribution is 5.91. The SMILES string of the molecule is Cc1c(C)n(C2C3C4CCC(C4)C32)c2ncnc(N)c12. The van der Waals surface area contributed by atoms with Crippen LogP contribution in [0.1, 0.15) is 36.6 Å². The number of aryl methyl sites for hydroxylation is 1. The molecule has 2 aromatic rings. The number of hydrogen-bond acceptors (Lipinski definition) is 3. The smallest absolute Gasteiger partial charge is 0.146 e. The average molecular weight is 268 g/mol. The first-order valence-electron chi connectivity index (χ1n) is 7.76. The van der Waals surface area contributed by atoms with Crippen molar-refractivity contribution in [3.63, 3.8) is 0 Å². The van der Waals surface area contributed by atoms with Crippen molar-refractivity contribution in [1.82, 2.24) is 14.5 Å². The van der Waals surface area contributed by atoms with Crippen LogP contribution in [0.2, 0.25) is 0 Å². The van der Waals surface area contributed by atoms with Gasteiger partial charge in [-0.3, -0.25) is 0 Å². The van der Waals surface area contributed by atoms with Crippen LogP contribution in [-0.2, 0) is 0 Å². The Kier molecular flexibility index (Phi) is 1.86. The minimum absolute atomic E-state index is 0.628. The van der Waals surface area contributed by atoms with Gasteiger partial charge in [-0.25, -0.2) is 9.97 Å². The molecular weight excluding hydrogens is 248 g/mol. The van der Waals surface area contributed by atoms with E-state index in [4.69, 9.17) is 5.73 Å². The van der Waals surface area contributed by atoms with Gasteiger partial charge in [-0.15, -0.1) is 0 Å². The quantitative estimate of drug-likeness (QED) is 0.865. The lowest BCUT2D eigenvalue weighted by atomic mass is 10.0. The van der Waals surface area contributed by atoms with E-state index < -0.39 is 0 Å². The maximum Gasteiger partial charge on any atom is 0.146 e. The number of nitrogens with zero attached hydrogens (tertiary/aromatic N) is 3. The first kappa shape index (κ1) is 11.1. The lowest BCUT2D eigenvalue weighted by Crippen LogP contribution is -2.07. The van der Waals surface area contributed by atoms with Crippen molar-refractivity contribution in [3.8, 4) is 0 Å². The van der Waals surface area contributed by atoms with Crippen LogP contribution in [0.15, 0.2) is 6.33 Å². The monoisotopic (exact) mass is 268 g/mol. The van der Waals surface area contributed by atoms with Gasteiger partial charge in [-0.1, -0.05) is 0 Å². The second kappa shape index (κ2) is 3.35.